The fourth-order valence-corrected chi connectivity index (χ4v) is 2.10. The third-order valence-electron chi connectivity index (χ3n) is 3.14. The topological polar surface area (TPSA) is 68.9 Å². The first-order valence-corrected chi connectivity index (χ1v) is 7.26. The highest BCUT2D eigenvalue weighted by atomic mass is 127. The first-order valence-electron chi connectivity index (χ1n) is 7.26. The van der Waals surface area contributed by atoms with Crippen LogP contribution >= 0.6 is 24.0 Å². The standard InChI is InChI=1S/C17H19F2N3O2.HI/c1-23-11-13-6-2-3-8-15(13)22-17(20)21-10-12-5-4-7-14(9-12)24-16(18)19;/h2-9,16H,10-11H2,1H3,(H3,20,21,22);1H. The fraction of sp³-hybridized carbons (Fsp3) is 0.235. The zero-order valence-corrected chi connectivity index (χ0v) is 15.9. The predicted molar refractivity (Wildman–Crippen MR) is 105 cm³/mol. The van der Waals surface area contributed by atoms with Crippen LogP contribution in [-0.2, 0) is 17.9 Å². The van der Waals surface area contributed by atoms with Gasteiger partial charge in [-0.15, -0.1) is 24.0 Å². The number of methoxy groups -OCH3 is 1. The molecule has 2 aromatic carbocycles. The van der Waals surface area contributed by atoms with Gasteiger partial charge in [-0.1, -0.05) is 30.3 Å². The molecule has 0 unspecified atom stereocenters. The number of aliphatic imine (C=N–C) groups is 1. The minimum Gasteiger partial charge on any atom is -0.435 e. The van der Waals surface area contributed by atoms with E-state index in [-0.39, 0.29) is 42.2 Å². The summed E-state index contributed by atoms with van der Waals surface area (Å²) in [6.45, 7) is -2.16. The largest absolute Gasteiger partial charge is 0.435 e. The molecule has 2 aromatic rings. The molecule has 25 heavy (non-hydrogen) atoms. The Labute approximate surface area is 162 Å². The lowest BCUT2D eigenvalue weighted by molar-refractivity contribution is -0.0498. The summed E-state index contributed by atoms with van der Waals surface area (Å²) in [6, 6.07) is 13.9. The van der Waals surface area contributed by atoms with E-state index >= 15 is 0 Å². The number of nitrogens with two attached hydrogens (primary N) is 1. The molecule has 2 rings (SSSR count). The number of nitrogens with one attached hydrogen (secondary N) is 1. The highest BCUT2D eigenvalue weighted by molar-refractivity contribution is 14.0. The van der Waals surface area contributed by atoms with Crippen molar-refractivity contribution >= 4 is 35.6 Å². The Morgan fingerprint density at radius 3 is 2.68 bits per heavy atom. The summed E-state index contributed by atoms with van der Waals surface area (Å²) in [5.74, 6) is 0.313. The van der Waals surface area contributed by atoms with Crippen molar-refractivity contribution in [2.75, 3.05) is 12.4 Å². The van der Waals surface area contributed by atoms with Crippen molar-refractivity contribution in [3.05, 3.63) is 59.7 Å². The lowest BCUT2D eigenvalue weighted by Crippen LogP contribution is -2.23. The number of alkyl halides is 2. The summed E-state index contributed by atoms with van der Waals surface area (Å²) in [5, 5.41) is 3.01. The molecular formula is C17H20F2IN3O2. The Kier molecular flexibility index (Phi) is 9.14. The number of nitrogens with zero attached hydrogens (tertiary/aromatic N) is 1. The summed E-state index contributed by atoms with van der Waals surface area (Å²) < 4.78 is 33.9. The molecule has 0 spiro atoms. The van der Waals surface area contributed by atoms with Crippen LogP contribution in [0.2, 0.25) is 0 Å². The Balaban J connectivity index is 0.00000312. The van der Waals surface area contributed by atoms with E-state index in [0.29, 0.717) is 12.2 Å². The minimum absolute atomic E-state index is 0. The van der Waals surface area contributed by atoms with Gasteiger partial charge >= 0.3 is 6.61 Å². The van der Waals surface area contributed by atoms with E-state index in [0.717, 1.165) is 11.3 Å². The van der Waals surface area contributed by atoms with Crippen LogP contribution in [0.1, 0.15) is 11.1 Å². The normalized spacial score (nSPS) is 11.1. The monoisotopic (exact) mass is 463 g/mol. The number of benzene rings is 2. The van der Waals surface area contributed by atoms with Crippen LogP contribution in [0.5, 0.6) is 5.75 Å². The number of hydrogen-bond donors (Lipinski definition) is 2. The van der Waals surface area contributed by atoms with Gasteiger partial charge in [0.1, 0.15) is 5.75 Å². The molecule has 0 heterocycles. The Morgan fingerprint density at radius 2 is 1.96 bits per heavy atom. The smallest absolute Gasteiger partial charge is 0.387 e. The lowest BCUT2D eigenvalue weighted by atomic mass is 10.2. The highest BCUT2D eigenvalue weighted by Gasteiger charge is 2.05. The molecule has 0 amide bonds. The Morgan fingerprint density at radius 1 is 1.20 bits per heavy atom. The van der Waals surface area contributed by atoms with Crippen molar-refractivity contribution in [2.24, 2.45) is 10.7 Å². The number of rotatable bonds is 7. The number of anilines is 1. The third kappa shape index (κ3) is 7.22. The van der Waals surface area contributed by atoms with Crippen molar-refractivity contribution in [3.63, 3.8) is 0 Å². The van der Waals surface area contributed by atoms with Gasteiger partial charge in [-0.3, -0.25) is 0 Å². The number of para-hydroxylation sites is 1. The molecule has 0 atom stereocenters. The SMILES string of the molecule is COCc1ccccc1NC(N)=NCc1cccc(OC(F)F)c1.I. The van der Waals surface area contributed by atoms with Crippen molar-refractivity contribution in [1.82, 2.24) is 0 Å². The average Bonchev–Trinajstić information content (AvgIpc) is 2.55. The fourth-order valence-electron chi connectivity index (χ4n) is 2.10. The molecule has 0 aromatic heterocycles. The van der Waals surface area contributed by atoms with Crippen LogP contribution in [-0.4, -0.2) is 19.7 Å². The number of ether oxygens (including phenoxy) is 2. The maximum Gasteiger partial charge on any atom is 0.387 e. The number of hydrogen-bond acceptors (Lipinski definition) is 3. The third-order valence-corrected chi connectivity index (χ3v) is 3.14. The van der Waals surface area contributed by atoms with E-state index in [1.54, 1.807) is 19.2 Å². The van der Waals surface area contributed by atoms with Crippen molar-refractivity contribution < 1.29 is 18.3 Å². The zero-order chi connectivity index (χ0) is 17.4. The molecule has 0 bridgehead atoms. The van der Waals surface area contributed by atoms with Gasteiger partial charge in [0.05, 0.1) is 13.2 Å². The molecule has 0 saturated heterocycles. The van der Waals surface area contributed by atoms with E-state index in [2.05, 4.69) is 15.0 Å². The lowest BCUT2D eigenvalue weighted by Gasteiger charge is -2.11. The van der Waals surface area contributed by atoms with E-state index < -0.39 is 6.61 Å². The quantitative estimate of drug-likeness (QED) is 0.371. The van der Waals surface area contributed by atoms with Crippen LogP contribution in [0, 0.1) is 0 Å². The first kappa shape index (κ1) is 21.1. The zero-order valence-electron chi connectivity index (χ0n) is 13.6. The second kappa shape index (κ2) is 10.8. The van der Waals surface area contributed by atoms with Gasteiger partial charge in [-0.25, -0.2) is 4.99 Å². The van der Waals surface area contributed by atoms with E-state index in [9.17, 15) is 8.78 Å². The van der Waals surface area contributed by atoms with Gasteiger partial charge < -0.3 is 20.5 Å². The maximum atomic E-state index is 12.2. The summed E-state index contributed by atoms with van der Waals surface area (Å²) in [4.78, 5) is 4.21. The second-order valence-electron chi connectivity index (χ2n) is 4.94. The minimum atomic E-state index is -2.85. The molecule has 0 fully saturated rings. The molecular weight excluding hydrogens is 443 g/mol. The van der Waals surface area contributed by atoms with Crippen LogP contribution in [0.4, 0.5) is 14.5 Å². The van der Waals surface area contributed by atoms with Gasteiger partial charge in [0, 0.05) is 18.4 Å². The number of halogens is 3. The van der Waals surface area contributed by atoms with Crippen molar-refractivity contribution in [3.8, 4) is 5.75 Å². The van der Waals surface area contributed by atoms with E-state index in [1.165, 1.54) is 12.1 Å². The van der Waals surface area contributed by atoms with Gasteiger partial charge in [0.15, 0.2) is 5.96 Å². The van der Waals surface area contributed by atoms with Gasteiger partial charge in [-0.2, -0.15) is 8.78 Å². The molecule has 8 heteroatoms. The predicted octanol–water partition coefficient (Wildman–Crippen LogP) is 3.98. The van der Waals surface area contributed by atoms with Gasteiger partial charge in [0.2, 0.25) is 0 Å². The Bertz CT molecular complexity index is 699. The molecule has 0 radical (unpaired) electrons. The van der Waals surface area contributed by atoms with E-state index in [4.69, 9.17) is 10.5 Å². The first-order chi connectivity index (χ1) is 11.6. The molecule has 3 N–H and O–H groups in total. The van der Waals surface area contributed by atoms with Gasteiger partial charge in [-0.05, 0) is 23.8 Å². The van der Waals surface area contributed by atoms with Crippen LogP contribution in [0.15, 0.2) is 53.5 Å². The van der Waals surface area contributed by atoms with E-state index in [1.807, 2.05) is 24.3 Å². The summed E-state index contributed by atoms with van der Waals surface area (Å²) >= 11 is 0. The molecule has 0 saturated carbocycles. The van der Waals surface area contributed by atoms with Crippen LogP contribution < -0.4 is 15.8 Å². The molecule has 0 aliphatic rings. The molecule has 0 aliphatic carbocycles. The second-order valence-corrected chi connectivity index (χ2v) is 4.94. The number of guanidine groups is 1. The summed E-state index contributed by atoms with van der Waals surface area (Å²) in [7, 11) is 1.61. The summed E-state index contributed by atoms with van der Waals surface area (Å²) in [5.41, 5.74) is 8.35. The molecule has 136 valence electrons. The Hall–Kier alpha value is -1.94. The molecule has 5 nitrogen and oxygen atoms in total. The average molecular weight is 463 g/mol. The van der Waals surface area contributed by atoms with Crippen molar-refractivity contribution in [1.29, 1.82) is 0 Å². The van der Waals surface area contributed by atoms with Crippen LogP contribution in [0.25, 0.3) is 0 Å². The summed E-state index contributed by atoms with van der Waals surface area (Å²) in [6.07, 6.45) is 0. The van der Waals surface area contributed by atoms with Crippen LogP contribution in [0.3, 0.4) is 0 Å². The van der Waals surface area contributed by atoms with Gasteiger partial charge in [0.25, 0.3) is 0 Å². The maximum absolute atomic E-state index is 12.2. The highest BCUT2D eigenvalue weighted by Crippen LogP contribution is 2.17. The van der Waals surface area contributed by atoms with Crippen molar-refractivity contribution in [2.45, 2.75) is 19.8 Å². The molecule has 0 aliphatic heterocycles.